The van der Waals surface area contributed by atoms with E-state index in [-0.39, 0.29) is 0 Å². The zero-order valence-corrected chi connectivity index (χ0v) is 75.9. The molecular formula is C110H70I4N12. The van der Waals surface area contributed by atoms with Gasteiger partial charge in [0.05, 0.1) is 0 Å². The first-order chi connectivity index (χ1) is 62.1. The highest BCUT2D eigenvalue weighted by atomic mass is 127. The van der Waals surface area contributed by atoms with Crippen molar-refractivity contribution in [1.82, 2.24) is 58.4 Å². The normalized spacial score (nSPS) is 11.3. The van der Waals surface area contributed by atoms with Gasteiger partial charge in [-0.3, -0.25) is 17.6 Å². The average molecular weight is 2070 g/mol. The molecule has 0 atom stereocenters. The maximum atomic E-state index is 4.57. The molecule has 598 valence electrons. The quantitative estimate of drug-likeness (QED) is 0.117. The lowest BCUT2D eigenvalue weighted by Crippen LogP contribution is -1.95. The summed E-state index contributed by atoms with van der Waals surface area (Å²) in [6.45, 7) is 0. The third-order valence-electron chi connectivity index (χ3n) is 23.0. The van der Waals surface area contributed by atoms with Gasteiger partial charge in [-0.25, -0.2) is 0 Å². The van der Waals surface area contributed by atoms with Crippen molar-refractivity contribution in [2.24, 2.45) is 0 Å². The Morgan fingerprint density at radius 3 is 0.810 bits per heavy atom. The summed E-state index contributed by atoms with van der Waals surface area (Å²) < 4.78 is 13.3. The molecule has 12 nitrogen and oxygen atoms in total. The summed E-state index contributed by atoms with van der Waals surface area (Å²) in [5, 5.41) is 48.0. The van der Waals surface area contributed by atoms with Crippen molar-refractivity contribution < 1.29 is 0 Å². The second-order valence-electron chi connectivity index (χ2n) is 30.6. The number of hydrogen-bond acceptors (Lipinski definition) is 8. The van der Waals surface area contributed by atoms with Crippen LogP contribution in [0.25, 0.3) is 200 Å². The maximum absolute atomic E-state index is 4.57. The lowest BCUT2D eigenvalue weighted by Gasteiger charge is -2.14. The number of halogens is 4. The maximum Gasteiger partial charge on any atom is 0.169 e. The van der Waals surface area contributed by atoms with Crippen LogP contribution in [0.1, 0.15) is 0 Å². The summed E-state index contributed by atoms with van der Waals surface area (Å²) >= 11 is 9.29. The van der Waals surface area contributed by atoms with Crippen LogP contribution in [0.4, 0.5) is 0 Å². The summed E-state index contributed by atoms with van der Waals surface area (Å²) in [5.41, 5.74) is 24.4. The van der Waals surface area contributed by atoms with Crippen LogP contribution in [0.15, 0.2) is 425 Å². The largest absolute Gasteiger partial charge is 0.281 e. The molecule has 16 heteroatoms. The van der Waals surface area contributed by atoms with Crippen molar-refractivity contribution in [2.45, 2.75) is 0 Å². The topological polar surface area (TPSA) is 121 Å². The molecular weight excluding hydrogens is 2000 g/mol. The van der Waals surface area contributed by atoms with Gasteiger partial charge >= 0.3 is 0 Å². The molecule has 0 bridgehead atoms. The van der Waals surface area contributed by atoms with E-state index in [1.807, 2.05) is 12.1 Å². The molecule has 0 fully saturated rings. The molecule has 0 saturated carbocycles. The van der Waals surface area contributed by atoms with Gasteiger partial charge in [0.25, 0.3) is 0 Å². The fourth-order valence-corrected chi connectivity index (χ4v) is 18.3. The Kier molecular flexibility index (Phi) is 22.1. The van der Waals surface area contributed by atoms with Crippen LogP contribution in [-0.4, -0.2) is 58.4 Å². The van der Waals surface area contributed by atoms with Crippen LogP contribution >= 0.6 is 90.4 Å². The van der Waals surface area contributed by atoms with E-state index in [9.17, 15) is 0 Å². The SMILES string of the molecule is Ic1ccc(-c2nnc3c4ccccc4c(-c4ccc(-c5ccccc5)cc4)cn23)cc1.Ic1ccc(-c2nnc3c4ccccc4c(-c4ccc5ccccc5c4)cn23)cc1.Ic1ccc(-c2nnc3c4ccccc4c(-c4cccc(-c5ccccc5)c4)cn23)cc1.Ic1ccc(-c2nnc3c4ccccc4c(-c4ccccc4-c4ccccc4)cn23)cc1. The molecule has 0 aliphatic heterocycles. The van der Waals surface area contributed by atoms with Crippen LogP contribution in [0, 0.1) is 14.3 Å². The molecule has 0 amide bonds. The molecule has 8 heterocycles. The van der Waals surface area contributed by atoms with Crippen LogP contribution < -0.4 is 0 Å². The number of hydrogen-bond donors (Lipinski definition) is 0. The first kappa shape index (κ1) is 79.4. The Labute approximate surface area is 780 Å². The third kappa shape index (κ3) is 15.7. The van der Waals surface area contributed by atoms with E-state index in [0.717, 1.165) is 95.2 Å². The standard InChI is InChI=1S/3C28H18IN3.C26H16IN3/c29-21-16-14-20(15-17-21)27-30-31-28-25-13-7-6-12-24(25)26(18-32(27)28)23-11-5-4-10-22(23)19-8-2-1-3-9-19;29-23-15-13-20(14-16-23)27-30-31-28-25-12-5-4-11-24(25)26(18-32(27)28)22-10-6-9-21(17-22)19-7-2-1-3-8-19;29-23-16-14-22(15-17-23)27-30-31-28-25-9-5-4-8-24(25)26(18-32(27)28)21-12-10-20(11-13-21)19-6-2-1-3-7-19;27-21-13-11-18(12-14-21)25-28-29-26-23-8-4-3-7-22(23)24(16-30(25)26)20-10-9-17-5-1-2-6-19(17)15-20/h3*1-18H;1-16H. The van der Waals surface area contributed by atoms with Gasteiger partial charge in [0.2, 0.25) is 0 Å². The number of fused-ring (bicyclic) bond motifs is 13. The minimum absolute atomic E-state index is 0.848. The highest BCUT2D eigenvalue weighted by molar-refractivity contribution is 14.1. The number of aromatic nitrogens is 12. The van der Waals surface area contributed by atoms with Gasteiger partial charge in [-0.05, 0) is 239 Å². The first-order valence-corrected chi connectivity index (χ1v) is 45.5. The van der Waals surface area contributed by atoms with Crippen LogP contribution in [0.5, 0.6) is 0 Å². The van der Waals surface area contributed by atoms with E-state index < -0.39 is 0 Å². The smallest absolute Gasteiger partial charge is 0.169 e. The average Bonchev–Trinajstić information content (AvgIpc) is 1.55. The minimum Gasteiger partial charge on any atom is -0.281 e. The Balaban J connectivity index is 0.000000103. The Morgan fingerprint density at radius 1 is 0.151 bits per heavy atom. The van der Waals surface area contributed by atoms with Gasteiger partial charge in [0, 0.05) is 105 Å². The van der Waals surface area contributed by atoms with Gasteiger partial charge in [0.15, 0.2) is 45.9 Å². The van der Waals surface area contributed by atoms with E-state index >= 15 is 0 Å². The second kappa shape index (κ2) is 35.1. The summed E-state index contributed by atoms with van der Waals surface area (Å²) in [6, 6.07) is 140. The van der Waals surface area contributed by atoms with E-state index in [0.29, 0.717) is 0 Å². The van der Waals surface area contributed by atoms with E-state index in [4.69, 9.17) is 0 Å². The highest BCUT2D eigenvalue weighted by Crippen LogP contribution is 2.42. The van der Waals surface area contributed by atoms with Crippen LogP contribution in [-0.2, 0) is 0 Å². The van der Waals surface area contributed by atoms with Crippen molar-refractivity contribution in [2.75, 3.05) is 0 Å². The molecule has 0 saturated heterocycles. The number of rotatable bonds is 11. The van der Waals surface area contributed by atoms with E-state index in [1.54, 1.807) is 0 Å². The Hall–Kier alpha value is -13.8. The van der Waals surface area contributed by atoms with Crippen molar-refractivity contribution in [3.63, 3.8) is 0 Å². The van der Waals surface area contributed by atoms with E-state index in [2.05, 4.69) is 562 Å². The second-order valence-corrected chi connectivity index (χ2v) is 35.6. The molecule has 24 rings (SSSR count). The minimum atomic E-state index is 0.848. The molecule has 24 aromatic rings. The van der Waals surface area contributed by atoms with Gasteiger partial charge in [-0.2, -0.15) is 0 Å². The Morgan fingerprint density at radius 2 is 0.405 bits per heavy atom. The summed E-state index contributed by atoms with van der Waals surface area (Å²) in [6.07, 6.45) is 8.71. The van der Waals surface area contributed by atoms with Gasteiger partial charge in [-0.15, -0.1) is 40.8 Å². The lowest BCUT2D eigenvalue weighted by atomic mass is 9.92. The Bertz CT molecular complexity index is 8170. The lowest BCUT2D eigenvalue weighted by molar-refractivity contribution is 1.11. The fourth-order valence-electron chi connectivity index (χ4n) is 16.8. The van der Waals surface area contributed by atoms with Gasteiger partial charge < -0.3 is 0 Å². The van der Waals surface area contributed by atoms with Gasteiger partial charge in [0.1, 0.15) is 0 Å². The molecule has 126 heavy (non-hydrogen) atoms. The van der Waals surface area contributed by atoms with E-state index in [1.165, 1.54) is 119 Å². The van der Waals surface area contributed by atoms with Crippen LogP contribution in [0.3, 0.4) is 0 Å². The third-order valence-corrected chi connectivity index (χ3v) is 25.9. The zero-order valence-electron chi connectivity index (χ0n) is 67.3. The van der Waals surface area contributed by atoms with Crippen molar-refractivity contribution >= 4 is 167 Å². The van der Waals surface area contributed by atoms with Crippen molar-refractivity contribution in [1.29, 1.82) is 0 Å². The monoisotopic (exact) mass is 2070 g/mol. The number of nitrogens with zero attached hydrogens (tertiary/aromatic N) is 12. The summed E-state index contributed by atoms with van der Waals surface area (Å²) in [4.78, 5) is 0. The van der Waals surface area contributed by atoms with Crippen molar-refractivity contribution in [3.05, 3.63) is 439 Å². The highest BCUT2D eigenvalue weighted by Gasteiger charge is 2.22. The summed E-state index contributed by atoms with van der Waals surface area (Å²) in [5.74, 6) is 3.40. The van der Waals surface area contributed by atoms with Crippen LogP contribution in [0.2, 0.25) is 0 Å². The fraction of sp³-hybridized carbons (Fsp3) is 0. The molecule has 16 aromatic carbocycles. The van der Waals surface area contributed by atoms with Crippen molar-refractivity contribution in [3.8, 4) is 123 Å². The first-order valence-electron chi connectivity index (χ1n) is 41.2. The number of benzene rings is 16. The molecule has 0 N–H and O–H groups in total. The molecule has 8 aromatic heterocycles. The van der Waals surface area contributed by atoms with Gasteiger partial charge in [-0.1, -0.05) is 340 Å². The molecule has 0 aliphatic carbocycles. The molecule has 0 unspecified atom stereocenters. The predicted molar refractivity (Wildman–Crippen MR) is 550 cm³/mol. The molecule has 0 aliphatic rings. The predicted octanol–water partition coefficient (Wildman–Crippen LogP) is 29.4. The molecule has 0 spiro atoms. The molecule has 0 radical (unpaired) electrons. The number of pyridine rings is 4. The summed E-state index contributed by atoms with van der Waals surface area (Å²) in [7, 11) is 0. The zero-order chi connectivity index (χ0) is 84.6.